The third kappa shape index (κ3) is 14.6. The molecular weight excluding hydrogens is 1330 g/mol. The average molecular weight is 1430 g/mol. The summed E-state index contributed by atoms with van der Waals surface area (Å²) in [6, 6.07) is 115. The molecule has 110 heavy (non-hydrogen) atoms. The molecule has 0 N–H and O–H groups in total. The molecule has 0 fully saturated rings. The van der Waals surface area contributed by atoms with E-state index in [-0.39, 0.29) is 0 Å². The van der Waals surface area contributed by atoms with E-state index in [2.05, 4.69) is 347 Å². The molecule has 2 aromatic heterocycles. The van der Waals surface area contributed by atoms with E-state index in [0.717, 1.165) is 92.9 Å². The Balaban J connectivity index is 0.830. The van der Waals surface area contributed by atoms with Gasteiger partial charge in [-0.15, -0.1) is 0 Å². The van der Waals surface area contributed by atoms with Crippen LogP contribution in [0.5, 0.6) is 0 Å². The van der Waals surface area contributed by atoms with Gasteiger partial charge in [0.15, 0.2) is 11.6 Å². The van der Waals surface area contributed by atoms with Gasteiger partial charge in [-0.1, -0.05) is 346 Å². The summed E-state index contributed by atoms with van der Waals surface area (Å²) in [6.45, 7) is 6.86. The molecule has 0 saturated carbocycles. The topological polar surface area (TPSA) is 43.6 Å². The molecule has 0 amide bonds. The minimum absolute atomic E-state index is 0.555. The van der Waals surface area contributed by atoms with E-state index < -0.39 is 5.41 Å². The van der Waals surface area contributed by atoms with Crippen molar-refractivity contribution in [2.75, 3.05) is 0 Å². The van der Waals surface area contributed by atoms with Gasteiger partial charge < -0.3 is 0 Å². The lowest BCUT2D eigenvalue weighted by atomic mass is 9.67. The zero-order valence-corrected chi connectivity index (χ0v) is 63.9. The van der Waals surface area contributed by atoms with Crippen molar-refractivity contribution in [2.24, 2.45) is 0 Å². The molecule has 1 unspecified atom stereocenters. The highest BCUT2D eigenvalue weighted by Gasteiger charge is 2.47. The molecule has 15 aromatic rings. The van der Waals surface area contributed by atoms with E-state index in [1.54, 1.807) is 0 Å². The lowest BCUT2D eigenvalue weighted by molar-refractivity contribution is 0.667. The second kappa shape index (κ2) is 32.5. The number of allylic oxidation sites excluding steroid dienone is 4. The van der Waals surface area contributed by atoms with Gasteiger partial charge in [-0.25, -0.2) is 4.98 Å². The molecule has 1 atom stereocenters. The van der Waals surface area contributed by atoms with Crippen molar-refractivity contribution in [1.29, 1.82) is 0 Å². The molecule has 0 spiro atoms. The third-order valence-electron chi connectivity index (χ3n) is 23.3. The summed E-state index contributed by atoms with van der Waals surface area (Å²) in [5, 5.41) is 2.26. The average Bonchev–Trinajstić information content (AvgIpc) is 1.52. The fourth-order valence-corrected chi connectivity index (χ4v) is 17.3. The van der Waals surface area contributed by atoms with Crippen molar-refractivity contribution in [3.63, 3.8) is 0 Å². The molecule has 0 saturated heterocycles. The standard InChI is InChI=1S/C106H96N4/c1-4-7-10-16-29-74-44-50-81(51-45-74)89-64-65-101-97(71-89)98-72-96-95-42-25-26-43-99(95)106(93-39-23-15-24-40-93,100(96)73-102(98)110(101)105-108-103(84-60-56-79(57-61-84)77-32-19-13-20-33-77)107-104(109-105)85-62-58-80(59-63-85)78-34-21-14-22-35-78)94-41-28-38-88(70-94)86-36-27-37-87(66-86)92-68-90(82-52-46-75(47-53-82)30-17-11-8-5-2)67-91(69-92)83-54-48-76(49-55-83)31-18-12-9-6-3/h13-15,19-21,23-28,32-34,36-73H,4-12,16-18,22,29-31,35H2,1-3H3. The molecule has 0 aliphatic heterocycles. The SMILES string of the molecule is CCCCCCc1ccc(-c2cc(-c3ccc(CCCCCC)cc3)cc(-c3cccc(-c4cccc(C5(c6ccccc6)c6ccccc6-c6cc7c8cc(-c9ccc(CCCCCC)cc9)ccc8n(-c8nc(-c9ccc(C%10=CC=CCC%10)cc9)nc(-c9ccc(-c%10ccccc%10)cc9)n8)c7cc65)c4)c3)c2)cc1. The zero-order valence-electron chi connectivity index (χ0n) is 63.9. The number of rotatable bonds is 27. The monoisotopic (exact) mass is 1420 g/mol. The molecule has 4 heteroatoms. The summed E-state index contributed by atoms with van der Waals surface area (Å²) < 4.78 is 2.34. The highest BCUT2D eigenvalue weighted by molar-refractivity contribution is 6.13. The summed E-state index contributed by atoms with van der Waals surface area (Å²) in [7, 11) is 0. The predicted molar refractivity (Wildman–Crippen MR) is 465 cm³/mol. The van der Waals surface area contributed by atoms with Crippen molar-refractivity contribution in [3.8, 4) is 107 Å². The highest BCUT2D eigenvalue weighted by atomic mass is 15.2. The van der Waals surface area contributed by atoms with Crippen LogP contribution in [0.15, 0.2) is 322 Å². The molecule has 2 aliphatic carbocycles. The minimum atomic E-state index is -0.764. The lowest BCUT2D eigenvalue weighted by Crippen LogP contribution is -2.28. The van der Waals surface area contributed by atoms with Crippen LogP contribution in [0.1, 0.15) is 155 Å². The minimum Gasteiger partial charge on any atom is -0.278 e. The first-order valence-electron chi connectivity index (χ1n) is 40.7. The van der Waals surface area contributed by atoms with Crippen LogP contribution >= 0.6 is 0 Å². The molecule has 0 radical (unpaired) electrons. The van der Waals surface area contributed by atoms with Crippen LogP contribution in [0, 0.1) is 0 Å². The maximum Gasteiger partial charge on any atom is 0.238 e. The number of aryl methyl sites for hydroxylation is 3. The van der Waals surface area contributed by atoms with E-state index in [1.807, 2.05) is 0 Å². The molecule has 17 rings (SSSR count). The van der Waals surface area contributed by atoms with E-state index in [9.17, 15) is 0 Å². The van der Waals surface area contributed by atoms with Gasteiger partial charge in [-0.3, -0.25) is 4.57 Å². The summed E-state index contributed by atoms with van der Waals surface area (Å²) >= 11 is 0. The van der Waals surface area contributed by atoms with Crippen LogP contribution in [-0.2, 0) is 24.7 Å². The summed E-state index contributed by atoms with van der Waals surface area (Å²) in [5.41, 5.74) is 31.4. The molecule has 540 valence electrons. The smallest absolute Gasteiger partial charge is 0.238 e. The Bertz CT molecular complexity index is 5730. The van der Waals surface area contributed by atoms with Gasteiger partial charge in [0.05, 0.1) is 16.4 Å². The maximum atomic E-state index is 5.65. The molecule has 2 heterocycles. The van der Waals surface area contributed by atoms with Crippen LogP contribution in [0.2, 0.25) is 0 Å². The van der Waals surface area contributed by atoms with Gasteiger partial charge in [-0.2, -0.15) is 9.97 Å². The molecule has 2 aliphatic rings. The van der Waals surface area contributed by atoms with Gasteiger partial charge >= 0.3 is 0 Å². The van der Waals surface area contributed by atoms with Crippen LogP contribution < -0.4 is 0 Å². The molecule has 4 nitrogen and oxygen atoms in total. The third-order valence-corrected chi connectivity index (χ3v) is 23.3. The van der Waals surface area contributed by atoms with Crippen LogP contribution in [-0.4, -0.2) is 19.5 Å². The second-order valence-electron chi connectivity index (χ2n) is 30.6. The number of unbranched alkanes of at least 4 members (excludes halogenated alkanes) is 9. The number of aromatic nitrogens is 4. The van der Waals surface area contributed by atoms with Gasteiger partial charge in [0.1, 0.15) is 0 Å². The zero-order chi connectivity index (χ0) is 74.2. The van der Waals surface area contributed by atoms with Gasteiger partial charge in [0, 0.05) is 21.9 Å². The lowest BCUT2D eigenvalue weighted by Gasteiger charge is -2.34. The van der Waals surface area contributed by atoms with Crippen molar-refractivity contribution in [2.45, 2.75) is 135 Å². The Labute approximate surface area is 650 Å². The first-order chi connectivity index (χ1) is 54.4. The summed E-state index contributed by atoms with van der Waals surface area (Å²) in [5.74, 6) is 1.77. The van der Waals surface area contributed by atoms with E-state index in [1.165, 1.54) is 177 Å². The summed E-state index contributed by atoms with van der Waals surface area (Å²) in [4.78, 5) is 16.7. The van der Waals surface area contributed by atoms with Crippen LogP contribution in [0.4, 0.5) is 0 Å². The van der Waals surface area contributed by atoms with Gasteiger partial charge in [0.25, 0.3) is 0 Å². The fraction of sp³-hybridized carbons (Fsp3) is 0.198. The Kier molecular flexibility index (Phi) is 21.0. The number of fused-ring (bicyclic) bond motifs is 6. The van der Waals surface area contributed by atoms with E-state index >= 15 is 0 Å². The maximum absolute atomic E-state index is 5.65. The Morgan fingerprint density at radius 3 is 1.30 bits per heavy atom. The molecule has 13 aromatic carbocycles. The first kappa shape index (κ1) is 71.1. The largest absolute Gasteiger partial charge is 0.278 e. The molecular formula is C106H96N4. The van der Waals surface area contributed by atoms with Crippen LogP contribution in [0.3, 0.4) is 0 Å². The number of nitrogens with zero attached hydrogens (tertiary/aromatic N) is 4. The number of hydrogen-bond acceptors (Lipinski definition) is 3. The van der Waals surface area contributed by atoms with E-state index in [0.29, 0.717) is 17.6 Å². The Hall–Kier alpha value is -11.9. The van der Waals surface area contributed by atoms with Crippen molar-refractivity contribution >= 4 is 27.4 Å². The quantitative estimate of drug-likeness (QED) is 0.0482. The Morgan fingerprint density at radius 2 is 0.727 bits per heavy atom. The van der Waals surface area contributed by atoms with Gasteiger partial charge in [-0.05, 0) is 234 Å². The van der Waals surface area contributed by atoms with Crippen molar-refractivity contribution in [3.05, 3.63) is 366 Å². The first-order valence-corrected chi connectivity index (χ1v) is 40.7. The Morgan fingerprint density at radius 1 is 0.300 bits per heavy atom. The van der Waals surface area contributed by atoms with E-state index in [4.69, 9.17) is 15.0 Å². The van der Waals surface area contributed by atoms with Crippen molar-refractivity contribution in [1.82, 2.24) is 19.5 Å². The van der Waals surface area contributed by atoms with Gasteiger partial charge in [0.2, 0.25) is 5.95 Å². The number of hydrogen-bond donors (Lipinski definition) is 0. The van der Waals surface area contributed by atoms with Crippen molar-refractivity contribution < 1.29 is 0 Å². The van der Waals surface area contributed by atoms with Crippen LogP contribution in [0.25, 0.3) is 134 Å². The molecule has 0 bridgehead atoms. The second-order valence-corrected chi connectivity index (χ2v) is 30.6. The highest BCUT2D eigenvalue weighted by Crippen LogP contribution is 2.58. The predicted octanol–water partition coefficient (Wildman–Crippen LogP) is 28.8. The number of benzene rings is 13. The fourth-order valence-electron chi connectivity index (χ4n) is 17.3. The normalized spacial score (nSPS) is 13.8. The summed E-state index contributed by atoms with van der Waals surface area (Å²) in [6.07, 6.45) is 27.1.